The van der Waals surface area contributed by atoms with E-state index in [4.69, 9.17) is 4.99 Å². The lowest BCUT2D eigenvalue weighted by atomic mass is 10.1. The summed E-state index contributed by atoms with van der Waals surface area (Å²) in [6.45, 7) is 16.4. The number of nitrogens with zero attached hydrogens (tertiary/aromatic N) is 4. The van der Waals surface area contributed by atoms with E-state index in [0.29, 0.717) is 5.92 Å². The first kappa shape index (κ1) is 20.7. The smallest absolute Gasteiger partial charge is 0.193 e. The topological polar surface area (TPSA) is 34.1 Å². The summed E-state index contributed by atoms with van der Waals surface area (Å²) in [6.07, 6.45) is 0. The van der Waals surface area contributed by atoms with Gasteiger partial charge in [0.15, 0.2) is 5.96 Å². The number of piperazine rings is 1. The van der Waals surface area contributed by atoms with Gasteiger partial charge in [0.05, 0.1) is 0 Å². The number of rotatable bonds is 8. The first-order valence-corrected chi connectivity index (χ1v) is 10.1. The molecule has 2 rings (SSSR count). The van der Waals surface area contributed by atoms with E-state index >= 15 is 0 Å². The molecule has 26 heavy (non-hydrogen) atoms. The summed E-state index contributed by atoms with van der Waals surface area (Å²) in [6, 6.07) is 10.6. The number of hydrogen-bond donors (Lipinski definition) is 1. The van der Waals surface area contributed by atoms with Gasteiger partial charge in [0.2, 0.25) is 0 Å². The molecule has 0 aliphatic carbocycles. The Morgan fingerprint density at radius 3 is 2.38 bits per heavy atom. The van der Waals surface area contributed by atoms with Crippen LogP contribution in [0.15, 0.2) is 35.3 Å². The minimum absolute atomic E-state index is 0.571. The van der Waals surface area contributed by atoms with Gasteiger partial charge in [-0.15, -0.1) is 0 Å². The average Bonchev–Trinajstić information content (AvgIpc) is 2.66. The van der Waals surface area contributed by atoms with Gasteiger partial charge < -0.3 is 20.0 Å². The highest BCUT2D eigenvalue weighted by atomic mass is 15.3. The molecule has 146 valence electrons. The Morgan fingerprint density at radius 1 is 1.12 bits per heavy atom. The Labute approximate surface area is 160 Å². The van der Waals surface area contributed by atoms with Crippen molar-refractivity contribution >= 4 is 5.96 Å². The summed E-state index contributed by atoms with van der Waals surface area (Å²) < 4.78 is 0. The average molecular weight is 360 g/mol. The van der Waals surface area contributed by atoms with E-state index in [2.05, 4.69) is 78.2 Å². The number of benzene rings is 1. The maximum absolute atomic E-state index is 4.90. The molecule has 0 amide bonds. The van der Waals surface area contributed by atoms with E-state index in [0.717, 1.165) is 32.1 Å². The second kappa shape index (κ2) is 11.2. The van der Waals surface area contributed by atoms with Crippen LogP contribution in [0, 0.1) is 5.92 Å². The van der Waals surface area contributed by atoms with E-state index < -0.39 is 0 Å². The maximum atomic E-state index is 4.90. The quantitative estimate of drug-likeness (QED) is 0.571. The van der Waals surface area contributed by atoms with Crippen molar-refractivity contribution in [2.75, 3.05) is 59.4 Å². The summed E-state index contributed by atoms with van der Waals surface area (Å²) in [5.41, 5.74) is 1.31. The third-order valence-electron chi connectivity index (χ3n) is 4.99. The third-order valence-corrected chi connectivity index (χ3v) is 4.99. The molecule has 1 aliphatic rings. The lowest BCUT2D eigenvalue weighted by Crippen LogP contribution is -2.47. The molecule has 1 aliphatic heterocycles. The van der Waals surface area contributed by atoms with Crippen LogP contribution in [0.4, 0.5) is 0 Å². The zero-order valence-electron chi connectivity index (χ0n) is 17.1. The molecule has 1 atom stereocenters. The molecule has 0 spiro atoms. The molecule has 0 radical (unpaired) electrons. The molecule has 1 N–H and O–H groups in total. The van der Waals surface area contributed by atoms with Crippen molar-refractivity contribution in [3.05, 3.63) is 35.9 Å². The van der Waals surface area contributed by atoms with Gasteiger partial charge in [-0.2, -0.15) is 0 Å². The van der Waals surface area contributed by atoms with Gasteiger partial charge in [0.1, 0.15) is 0 Å². The van der Waals surface area contributed by atoms with E-state index in [1.54, 1.807) is 0 Å². The van der Waals surface area contributed by atoms with Crippen molar-refractivity contribution in [3.8, 4) is 0 Å². The van der Waals surface area contributed by atoms with Gasteiger partial charge in [0.25, 0.3) is 0 Å². The van der Waals surface area contributed by atoms with Crippen molar-refractivity contribution in [1.29, 1.82) is 0 Å². The van der Waals surface area contributed by atoms with Crippen LogP contribution < -0.4 is 5.32 Å². The van der Waals surface area contributed by atoms with Gasteiger partial charge in [-0.1, -0.05) is 44.2 Å². The standard InChI is InChI=1S/C21H37N5/c1-5-22-21(24(4)18-20-10-8-7-9-11-20)23-16-19(3)17-26-14-12-25(6-2)13-15-26/h7-11,19H,5-6,12-18H2,1-4H3,(H,22,23). The van der Waals surface area contributed by atoms with E-state index in [9.17, 15) is 0 Å². The van der Waals surface area contributed by atoms with E-state index in [1.807, 2.05) is 0 Å². The Hall–Kier alpha value is -1.59. The summed E-state index contributed by atoms with van der Waals surface area (Å²) in [5.74, 6) is 1.57. The van der Waals surface area contributed by atoms with Crippen LogP contribution in [-0.4, -0.2) is 80.1 Å². The number of aliphatic imine (C=N–C) groups is 1. The van der Waals surface area contributed by atoms with Crippen LogP contribution in [0.2, 0.25) is 0 Å². The lowest BCUT2D eigenvalue weighted by molar-refractivity contribution is 0.125. The molecular formula is C21H37N5. The van der Waals surface area contributed by atoms with Gasteiger partial charge in [0, 0.05) is 59.4 Å². The van der Waals surface area contributed by atoms with Crippen LogP contribution in [0.1, 0.15) is 26.3 Å². The van der Waals surface area contributed by atoms with Gasteiger partial charge in [-0.3, -0.25) is 4.99 Å². The van der Waals surface area contributed by atoms with Crippen molar-refractivity contribution in [2.45, 2.75) is 27.3 Å². The van der Waals surface area contributed by atoms with Crippen molar-refractivity contribution in [3.63, 3.8) is 0 Å². The zero-order chi connectivity index (χ0) is 18.8. The SMILES string of the molecule is CCNC(=NCC(C)CN1CCN(CC)CC1)N(C)Cc1ccccc1. The highest BCUT2D eigenvalue weighted by molar-refractivity contribution is 5.79. The fourth-order valence-electron chi connectivity index (χ4n) is 3.43. The molecule has 1 saturated heterocycles. The van der Waals surface area contributed by atoms with Crippen LogP contribution in [0.5, 0.6) is 0 Å². The van der Waals surface area contributed by atoms with E-state index in [-0.39, 0.29) is 0 Å². The number of nitrogens with one attached hydrogen (secondary N) is 1. The van der Waals surface area contributed by atoms with Crippen LogP contribution in [0.3, 0.4) is 0 Å². The Morgan fingerprint density at radius 2 is 1.77 bits per heavy atom. The third kappa shape index (κ3) is 6.96. The highest BCUT2D eigenvalue weighted by Gasteiger charge is 2.17. The van der Waals surface area contributed by atoms with Gasteiger partial charge in [-0.05, 0) is 24.9 Å². The second-order valence-corrected chi connectivity index (χ2v) is 7.38. The fourth-order valence-corrected chi connectivity index (χ4v) is 3.43. The number of guanidine groups is 1. The minimum atomic E-state index is 0.571. The second-order valence-electron chi connectivity index (χ2n) is 7.38. The molecule has 0 bridgehead atoms. The molecule has 1 fully saturated rings. The zero-order valence-corrected chi connectivity index (χ0v) is 17.1. The summed E-state index contributed by atoms with van der Waals surface area (Å²) in [5, 5.41) is 3.43. The molecule has 1 aromatic carbocycles. The number of hydrogen-bond acceptors (Lipinski definition) is 3. The molecule has 5 nitrogen and oxygen atoms in total. The fraction of sp³-hybridized carbons (Fsp3) is 0.667. The molecule has 0 saturated carbocycles. The first-order chi connectivity index (χ1) is 12.6. The predicted molar refractivity (Wildman–Crippen MR) is 112 cm³/mol. The molecule has 1 unspecified atom stereocenters. The number of likely N-dealkylation sites (N-methyl/N-ethyl adjacent to an activating group) is 1. The summed E-state index contributed by atoms with van der Waals surface area (Å²) in [7, 11) is 2.11. The van der Waals surface area contributed by atoms with Gasteiger partial charge in [-0.25, -0.2) is 0 Å². The molecule has 0 aromatic heterocycles. The van der Waals surface area contributed by atoms with Gasteiger partial charge >= 0.3 is 0 Å². The van der Waals surface area contributed by atoms with E-state index in [1.165, 1.54) is 38.3 Å². The largest absolute Gasteiger partial charge is 0.357 e. The van der Waals surface area contributed by atoms with Crippen LogP contribution in [0.25, 0.3) is 0 Å². The predicted octanol–water partition coefficient (Wildman–Crippen LogP) is 2.36. The van der Waals surface area contributed by atoms with Crippen molar-refractivity contribution in [1.82, 2.24) is 20.0 Å². The van der Waals surface area contributed by atoms with Crippen LogP contribution >= 0.6 is 0 Å². The van der Waals surface area contributed by atoms with Crippen molar-refractivity contribution < 1.29 is 0 Å². The molecular weight excluding hydrogens is 322 g/mol. The lowest BCUT2D eigenvalue weighted by Gasteiger charge is -2.35. The molecule has 5 heteroatoms. The summed E-state index contributed by atoms with van der Waals surface area (Å²) >= 11 is 0. The maximum Gasteiger partial charge on any atom is 0.193 e. The minimum Gasteiger partial charge on any atom is -0.357 e. The summed E-state index contributed by atoms with van der Waals surface area (Å²) in [4.78, 5) is 12.2. The van der Waals surface area contributed by atoms with Crippen LogP contribution in [-0.2, 0) is 6.54 Å². The molecule has 1 aromatic rings. The first-order valence-electron chi connectivity index (χ1n) is 10.1. The molecule has 1 heterocycles. The normalized spacial score (nSPS) is 17.9. The Balaban J connectivity index is 1.83. The highest BCUT2D eigenvalue weighted by Crippen LogP contribution is 2.07. The van der Waals surface area contributed by atoms with Crippen molar-refractivity contribution in [2.24, 2.45) is 10.9 Å². The Bertz CT molecular complexity index is 522. The Kier molecular flexibility index (Phi) is 8.92. The monoisotopic (exact) mass is 359 g/mol.